The third-order valence-corrected chi connectivity index (χ3v) is 7.38. The summed E-state index contributed by atoms with van der Waals surface area (Å²) in [6.45, 7) is 5.32. The number of alkyl carbamates (subject to hydrolysis) is 1. The van der Waals surface area contributed by atoms with Crippen LogP contribution in [-0.4, -0.2) is 52.5 Å². The van der Waals surface area contributed by atoms with Crippen molar-refractivity contribution in [2.75, 3.05) is 17.3 Å². The number of rotatable bonds is 10. The summed E-state index contributed by atoms with van der Waals surface area (Å²) in [5, 5.41) is 7.88. The van der Waals surface area contributed by atoms with Crippen LogP contribution in [0, 0.1) is 12.3 Å². The van der Waals surface area contributed by atoms with Crippen LogP contribution in [-0.2, 0) is 14.3 Å². The van der Waals surface area contributed by atoms with Gasteiger partial charge in [-0.15, -0.1) is 6.42 Å². The van der Waals surface area contributed by atoms with Crippen molar-refractivity contribution in [2.24, 2.45) is 0 Å². The minimum atomic E-state index is -0.925. The first-order chi connectivity index (χ1) is 19.6. The van der Waals surface area contributed by atoms with Gasteiger partial charge in [-0.25, -0.2) is 4.79 Å². The predicted octanol–water partition coefficient (Wildman–Crippen LogP) is 6.14. The minimum absolute atomic E-state index is 0.126. The smallest absolute Gasteiger partial charge is 0.408 e. The molecule has 41 heavy (non-hydrogen) atoms. The van der Waals surface area contributed by atoms with Crippen LogP contribution in [0.2, 0.25) is 0 Å². The normalized spacial score (nSPS) is 14.4. The number of carbonyl (C=O) groups excluding carboxylic acids is 3. The number of benzene rings is 3. The van der Waals surface area contributed by atoms with Crippen molar-refractivity contribution in [3.05, 3.63) is 77.9 Å². The van der Waals surface area contributed by atoms with Crippen LogP contribution in [0.4, 0.5) is 10.5 Å². The SMILES string of the molecule is C#Cc1ccc(C(C(=O)Nc2ccc3ccccc3c2)N(C(=O)C(CCSC)NC(=O)OC(C)(C)C)C2CC2)cc1. The molecule has 7 nitrogen and oxygen atoms in total. The Morgan fingerprint density at radius 2 is 1.73 bits per heavy atom. The number of thioether (sulfide) groups is 1. The van der Waals surface area contributed by atoms with Gasteiger partial charge in [0, 0.05) is 17.3 Å². The van der Waals surface area contributed by atoms with E-state index in [-0.39, 0.29) is 17.9 Å². The van der Waals surface area contributed by atoms with E-state index in [2.05, 4.69) is 16.6 Å². The fourth-order valence-electron chi connectivity index (χ4n) is 4.67. The fraction of sp³-hybridized carbons (Fsp3) is 0.364. The number of hydrogen-bond donors (Lipinski definition) is 2. The van der Waals surface area contributed by atoms with Gasteiger partial charge in [-0.2, -0.15) is 11.8 Å². The molecule has 1 saturated carbocycles. The maximum absolute atomic E-state index is 14.2. The van der Waals surface area contributed by atoms with Crippen molar-refractivity contribution in [1.29, 1.82) is 0 Å². The second-order valence-corrected chi connectivity index (χ2v) is 12.2. The molecule has 0 heterocycles. The summed E-state index contributed by atoms with van der Waals surface area (Å²) in [5.41, 5.74) is 1.24. The fourth-order valence-corrected chi connectivity index (χ4v) is 5.14. The highest BCUT2D eigenvalue weighted by atomic mass is 32.2. The Morgan fingerprint density at radius 3 is 2.34 bits per heavy atom. The summed E-state index contributed by atoms with van der Waals surface area (Å²) in [4.78, 5) is 42.7. The predicted molar refractivity (Wildman–Crippen MR) is 166 cm³/mol. The molecule has 3 aromatic rings. The summed E-state index contributed by atoms with van der Waals surface area (Å²) in [6, 6.07) is 18.9. The van der Waals surface area contributed by atoms with E-state index in [1.807, 2.05) is 48.7 Å². The van der Waals surface area contributed by atoms with Gasteiger partial charge in [0.05, 0.1) is 0 Å². The van der Waals surface area contributed by atoms with Gasteiger partial charge in [-0.1, -0.05) is 48.4 Å². The molecule has 0 aliphatic heterocycles. The molecule has 2 N–H and O–H groups in total. The van der Waals surface area contributed by atoms with Crippen molar-refractivity contribution < 1.29 is 19.1 Å². The van der Waals surface area contributed by atoms with Gasteiger partial charge in [0.2, 0.25) is 5.91 Å². The third kappa shape index (κ3) is 8.05. The van der Waals surface area contributed by atoms with Crippen LogP contribution in [0.25, 0.3) is 10.8 Å². The molecule has 4 rings (SSSR count). The van der Waals surface area contributed by atoms with Crippen LogP contribution in [0.3, 0.4) is 0 Å². The number of ether oxygens (including phenoxy) is 1. The lowest BCUT2D eigenvalue weighted by Gasteiger charge is -2.34. The maximum Gasteiger partial charge on any atom is 0.408 e. The second kappa shape index (κ2) is 13.1. The van der Waals surface area contributed by atoms with Gasteiger partial charge in [0.1, 0.15) is 17.7 Å². The second-order valence-electron chi connectivity index (χ2n) is 11.2. The Bertz CT molecular complexity index is 1440. The number of carbonyl (C=O) groups is 3. The first-order valence-corrected chi connectivity index (χ1v) is 15.2. The zero-order chi connectivity index (χ0) is 29.6. The molecule has 8 heteroatoms. The van der Waals surface area contributed by atoms with Crippen LogP contribution in [0.5, 0.6) is 0 Å². The molecule has 0 bridgehead atoms. The summed E-state index contributed by atoms with van der Waals surface area (Å²) in [6.07, 6.45) is 8.81. The van der Waals surface area contributed by atoms with E-state index >= 15 is 0 Å². The van der Waals surface area contributed by atoms with Crippen molar-refractivity contribution >= 4 is 46.1 Å². The minimum Gasteiger partial charge on any atom is -0.444 e. The Hall–Kier alpha value is -3.96. The molecular weight excluding hydrogens is 534 g/mol. The van der Waals surface area contributed by atoms with Gasteiger partial charge in [-0.3, -0.25) is 9.59 Å². The van der Waals surface area contributed by atoms with Gasteiger partial charge >= 0.3 is 6.09 Å². The highest BCUT2D eigenvalue weighted by Gasteiger charge is 2.44. The molecular formula is C33H37N3O4S. The van der Waals surface area contributed by atoms with E-state index in [1.165, 1.54) is 0 Å². The van der Waals surface area contributed by atoms with Crippen LogP contribution >= 0.6 is 11.8 Å². The Morgan fingerprint density at radius 1 is 1.05 bits per heavy atom. The zero-order valence-corrected chi connectivity index (χ0v) is 24.8. The van der Waals surface area contributed by atoms with Gasteiger partial charge in [-0.05, 0) is 92.6 Å². The van der Waals surface area contributed by atoms with E-state index in [0.29, 0.717) is 29.0 Å². The molecule has 1 fully saturated rings. The van der Waals surface area contributed by atoms with Crippen molar-refractivity contribution in [2.45, 2.75) is 63.8 Å². The highest BCUT2D eigenvalue weighted by Crippen LogP contribution is 2.36. The number of fused-ring (bicyclic) bond motifs is 1. The Balaban J connectivity index is 1.69. The molecule has 0 aromatic heterocycles. The van der Waals surface area contributed by atoms with Gasteiger partial charge in [0.15, 0.2) is 0 Å². The summed E-state index contributed by atoms with van der Waals surface area (Å²) in [5.74, 6) is 2.60. The molecule has 0 saturated heterocycles. The largest absolute Gasteiger partial charge is 0.444 e. The number of amides is 3. The van der Waals surface area contributed by atoms with Gasteiger partial charge < -0.3 is 20.3 Å². The lowest BCUT2D eigenvalue weighted by atomic mass is 10.0. The molecule has 0 spiro atoms. The first-order valence-electron chi connectivity index (χ1n) is 13.8. The summed E-state index contributed by atoms with van der Waals surface area (Å²) < 4.78 is 5.46. The number of terminal acetylenes is 1. The van der Waals surface area contributed by atoms with E-state index in [1.54, 1.807) is 61.7 Å². The lowest BCUT2D eigenvalue weighted by molar-refractivity contribution is -0.141. The van der Waals surface area contributed by atoms with E-state index in [9.17, 15) is 14.4 Å². The van der Waals surface area contributed by atoms with Crippen molar-refractivity contribution in [3.8, 4) is 12.3 Å². The summed E-state index contributed by atoms with van der Waals surface area (Å²) in [7, 11) is 0. The monoisotopic (exact) mass is 571 g/mol. The quantitative estimate of drug-likeness (QED) is 0.286. The highest BCUT2D eigenvalue weighted by molar-refractivity contribution is 7.98. The zero-order valence-electron chi connectivity index (χ0n) is 24.0. The lowest BCUT2D eigenvalue weighted by Crippen LogP contribution is -2.53. The molecule has 0 radical (unpaired) electrons. The molecule has 3 aromatic carbocycles. The van der Waals surface area contributed by atoms with Crippen molar-refractivity contribution in [1.82, 2.24) is 10.2 Å². The maximum atomic E-state index is 14.2. The Kier molecular flexibility index (Phi) is 9.61. The van der Waals surface area contributed by atoms with Crippen LogP contribution in [0.1, 0.15) is 57.2 Å². The average Bonchev–Trinajstić information content (AvgIpc) is 3.78. The molecule has 1 aliphatic carbocycles. The number of hydrogen-bond acceptors (Lipinski definition) is 5. The molecule has 1 aliphatic rings. The van der Waals surface area contributed by atoms with E-state index in [0.717, 1.165) is 23.6 Å². The molecule has 2 atom stereocenters. The van der Waals surface area contributed by atoms with E-state index < -0.39 is 23.8 Å². The first kappa shape index (κ1) is 30.0. The Labute approximate surface area is 246 Å². The molecule has 214 valence electrons. The molecule has 2 unspecified atom stereocenters. The van der Waals surface area contributed by atoms with Crippen LogP contribution < -0.4 is 10.6 Å². The van der Waals surface area contributed by atoms with E-state index in [4.69, 9.17) is 11.2 Å². The van der Waals surface area contributed by atoms with Crippen LogP contribution in [0.15, 0.2) is 66.7 Å². The summed E-state index contributed by atoms with van der Waals surface area (Å²) >= 11 is 1.58. The van der Waals surface area contributed by atoms with Crippen molar-refractivity contribution in [3.63, 3.8) is 0 Å². The standard InChI is InChI=1S/C33H37N3O4S/c1-6-22-11-13-24(14-12-22)29(30(37)34-26-16-15-23-9-7-8-10-25(23)21-26)36(27-17-18-27)31(38)28(19-20-41-5)35-32(39)40-33(2,3)4/h1,7-16,21,27-29H,17-20H2,2-5H3,(H,34,37)(H,35,39). The third-order valence-electron chi connectivity index (χ3n) is 6.73. The average molecular weight is 572 g/mol. The number of nitrogens with one attached hydrogen (secondary N) is 2. The topological polar surface area (TPSA) is 87.7 Å². The van der Waals surface area contributed by atoms with Gasteiger partial charge in [0.25, 0.3) is 5.91 Å². The number of nitrogens with zero attached hydrogens (tertiary/aromatic N) is 1. The number of anilines is 1. The molecule has 3 amide bonds.